The maximum absolute atomic E-state index is 9.38. The molecule has 3 nitrogen and oxygen atoms in total. The van der Waals surface area contributed by atoms with Crippen LogP contribution in [0.25, 0.3) is 10.9 Å². The van der Waals surface area contributed by atoms with Gasteiger partial charge in [-0.05, 0) is 42.7 Å². The molecular formula is C19H24N2O. The minimum absolute atomic E-state index is 0.279. The maximum atomic E-state index is 9.38. The highest BCUT2D eigenvalue weighted by molar-refractivity contribution is 5.85. The lowest BCUT2D eigenvalue weighted by Crippen LogP contribution is -2.45. The number of nitrogens with one attached hydrogen (secondary N) is 1. The quantitative estimate of drug-likeness (QED) is 0.853. The number of piperidine rings is 1. The summed E-state index contributed by atoms with van der Waals surface area (Å²) in [6.07, 6.45) is 5.23. The standard InChI is InChI=1S/C19H24N2O/c1-2-13-12-21-9-7-16-15-5-3-4-6-17(15)20-19(16)18(21)11-14(13)8-10-22/h2-6,13-14,18,20,22H,1,7-12H2/t13-,14-,18+/m0/s1. The van der Waals surface area contributed by atoms with Crippen LogP contribution in [-0.2, 0) is 6.42 Å². The monoisotopic (exact) mass is 296 g/mol. The number of hydrogen-bond donors (Lipinski definition) is 2. The van der Waals surface area contributed by atoms with E-state index in [1.807, 2.05) is 0 Å². The highest BCUT2D eigenvalue weighted by atomic mass is 16.3. The Bertz CT molecular complexity index is 690. The molecule has 1 aromatic carbocycles. The van der Waals surface area contributed by atoms with Crippen LogP contribution in [0.2, 0.25) is 0 Å². The van der Waals surface area contributed by atoms with Crippen LogP contribution in [0, 0.1) is 11.8 Å². The number of hydrogen-bond acceptors (Lipinski definition) is 2. The van der Waals surface area contributed by atoms with Gasteiger partial charge in [-0.25, -0.2) is 0 Å². The summed E-state index contributed by atoms with van der Waals surface area (Å²) in [5.74, 6) is 1.05. The van der Waals surface area contributed by atoms with Crippen molar-refractivity contribution in [1.82, 2.24) is 9.88 Å². The molecule has 0 aliphatic carbocycles. The summed E-state index contributed by atoms with van der Waals surface area (Å²) in [7, 11) is 0. The Kier molecular flexibility index (Phi) is 3.55. The smallest absolute Gasteiger partial charge is 0.0504 e. The summed E-state index contributed by atoms with van der Waals surface area (Å²) in [5, 5.41) is 10.8. The zero-order valence-corrected chi connectivity index (χ0v) is 13.0. The van der Waals surface area contributed by atoms with Crippen molar-refractivity contribution in [3.05, 3.63) is 48.2 Å². The minimum Gasteiger partial charge on any atom is -0.396 e. The van der Waals surface area contributed by atoms with Gasteiger partial charge >= 0.3 is 0 Å². The number of aromatic amines is 1. The molecule has 0 radical (unpaired) electrons. The van der Waals surface area contributed by atoms with Crippen molar-refractivity contribution in [3.63, 3.8) is 0 Å². The third-order valence-electron chi connectivity index (χ3n) is 5.65. The Balaban J connectivity index is 1.72. The first-order chi connectivity index (χ1) is 10.8. The first-order valence-corrected chi connectivity index (χ1v) is 8.38. The van der Waals surface area contributed by atoms with Crippen LogP contribution in [0.4, 0.5) is 0 Å². The van der Waals surface area contributed by atoms with Crippen LogP contribution < -0.4 is 0 Å². The molecule has 3 heteroatoms. The number of benzene rings is 1. The van der Waals surface area contributed by atoms with E-state index in [4.69, 9.17) is 0 Å². The molecule has 2 N–H and O–H groups in total. The molecule has 2 aliphatic heterocycles. The topological polar surface area (TPSA) is 39.3 Å². The second-order valence-electron chi connectivity index (χ2n) is 6.73. The number of aliphatic hydroxyl groups excluding tert-OH is 1. The predicted molar refractivity (Wildman–Crippen MR) is 89.8 cm³/mol. The van der Waals surface area contributed by atoms with Gasteiger partial charge in [0.1, 0.15) is 0 Å². The molecule has 1 aromatic heterocycles. The van der Waals surface area contributed by atoms with Crippen LogP contribution in [0.5, 0.6) is 0 Å². The molecule has 1 fully saturated rings. The van der Waals surface area contributed by atoms with E-state index in [2.05, 4.69) is 46.8 Å². The second-order valence-corrected chi connectivity index (χ2v) is 6.73. The van der Waals surface area contributed by atoms with Gasteiger partial charge in [-0.15, -0.1) is 6.58 Å². The molecule has 22 heavy (non-hydrogen) atoms. The van der Waals surface area contributed by atoms with E-state index in [1.54, 1.807) is 0 Å². The molecule has 0 unspecified atom stereocenters. The van der Waals surface area contributed by atoms with Crippen molar-refractivity contribution in [2.75, 3.05) is 19.7 Å². The number of fused-ring (bicyclic) bond motifs is 5. The Hall–Kier alpha value is -1.58. The summed E-state index contributed by atoms with van der Waals surface area (Å²) < 4.78 is 0. The third kappa shape index (κ3) is 2.11. The second kappa shape index (κ2) is 5.56. The molecule has 3 heterocycles. The fourth-order valence-electron chi connectivity index (χ4n) is 4.50. The van der Waals surface area contributed by atoms with Gasteiger partial charge < -0.3 is 10.1 Å². The van der Waals surface area contributed by atoms with Gasteiger partial charge in [-0.2, -0.15) is 0 Å². The Morgan fingerprint density at radius 3 is 3.05 bits per heavy atom. The van der Waals surface area contributed by atoms with Crippen LogP contribution in [-0.4, -0.2) is 34.7 Å². The van der Waals surface area contributed by atoms with Crippen LogP contribution in [0.1, 0.15) is 30.1 Å². The molecule has 3 atom stereocenters. The van der Waals surface area contributed by atoms with E-state index in [0.717, 1.165) is 32.4 Å². The lowest BCUT2D eigenvalue weighted by Gasteiger charge is -2.45. The van der Waals surface area contributed by atoms with Crippen LogP contribution in [0.15, 0.2) is 36.9 Å². The number of rotatable bonds is 3. The van der Waals surface area contributed by atoms with E-state index >= 15 is 0 Å². The average Bonchev–Trinajstić information content (AvgIpc) is 2.93. The van der Waals surface area contributed by atoms with Crippen molar-refractivity contribution in [1.29, 1.82) is 0 Å². The van der Waals surface area contributed by atoms with Gasteiger partial charge in [-0.3, -0.25) is 4.90 Å². The molecule has 4 rings (SSSR count). The molecule has 0 spiro atoms. The average molecular weight is 296 g/mol. The largest absolute Gasteiger partial charge is 0.396 e. The zero-order valence-electron chi connectivity index (χ0n) is 13.0. The van der Waals surface area contributed by atoms with Crippen LogP contribution in [0.3, 0.4) is 0 Å². The minimum atomic E-state index is 0.279. The summed E-state index contributed by atoms with van der Waals surface area (Å²) in [4.78, 5) is 6.29. The number of aliphatic hydroxyl groups is 1. The van der Waals surface area contributed by atoms with E-state index < -0.39 is 0 Å². The summed E-state index contributed by atoms with van der Waals surface area (Å²) in [6, 6.07) is 9.13. The summed E-state index contributed by atoms with van der Waals surface area (Å²) >= 11 is 0. The van der Waals surface area contributed by atoms with Gasteiger partial charge in [0.15, 0.2) is 0 Å². The first-order valence-electron chi connectivity index (χ1n) is 8.38. The number of nitrogens with zero attached hydrogens (tertiary/aromatic N) is 1. The number of aromatic nitrogens is 1. The molecular weight excluding hydrogens is 272 g/mol. The maximum Gasteiger partial charge on any atom is 0.0504 e. The molecule has 1 saturated heterocycles. The number of H-pyrrole nitrogens is 1. The van der Waals surface area contributed by atoms with E-state index in [-0.39, 0.29) is 6.61 Å². The van der Waals surface area contributed by atoms with Gasteiger partial charge in [0.05, 0.1) is 6.04 Å². The molecule has 2 aromatic rings. The highest BCUT2D eigenvalue weighted by Gasteiger charge is 2.38. The van der Waals surface area contributed by atoms with E-state index in [1.165, 1.54) is 22.2 Å². The fourth-order valence-corrected chi connectivity index (χ4v) is 4.50. The van der Waals surface area contributed by atoms with Gasteiger partial charge in [0.2, 0.25) is 0 Å². The lowest BCUT2D eigenvalue weighted by atomic mass is 9.77. The van der Waals surface area contributed by atoms with Crippen molar-refractivity contribution in [2.24, 2.45) is 11.8 Å². The third-order valence-corrected chi connectivity index (χ3v) is 5.65. The lowest BCUT2D eigenvalue weighted by molar-refractivity contribution is 0.0594. The highest BCUT2D eigenvalue weighted by Crippen LogP contribution is 2.43. The van der Waals surface area contributed by atoms with E-state index in [0.29, 0.717) is 17.9 Å². The molecule has 0 amide bonds. The molecule has 116 valence electrons. The molecule has 2 aliphatic rings. The fraction of sp³-hybridized carbons (Fsp3) is 0.474. The summed E-state index contributed by atoms with van der Waals surface area (Å²) in [6.45, 7) is 6.51. The van der Waals surface area contributed by atoms with Crippen molar-refractivity contribution in [3.8, 4) is 0 Å². The van der Waals surface area contributed by atoms with Crippen LogP contribution >= 0.6 is 0 Å². The first kappa shape index (κ1) is 14.0. The molecule has 0 saturated carbocycles. The predicted octanol–water partition coefficient (Wildman–Crippen LogP) is 3.27. The summed E-state index contributed by atoms with van der Waals surface area (Å²) in [5.41, 5.74) is 4.19. The normalized spacial score (nSPS) is 28.3. The van der Waals surface area contributed by atoms with E-state index in [9.17, 15) is 5.11 Å². The van der Waals surface area contributed by atoms with Gasteiger partial charge in [0.25, 0.3) is 0 Å². The SMILES string of the molecule is C=C[C@H]1CN2CCc3c([nH]c4ccccc34)[C@H]2C[C@@H]1CCO. The van der Waals surface area contributed by atoms with Crippen molar-refractivity contribution in [2.45, 2.75) is 25.3 Å². The van der Waals surface area contributed by atoms with Crippen molar-refractivity contribution >= 4 is 10.9 Å². The Morgan fingerprint density at radius 2 is 2.23 bits per heavy atom. The van der Waals surface area contributed by atoms with Gasteiger partial charge in [-0.1, -0.05) is 24.3 Å². The zero-order chi connectivity index (χ0) is 15.1. The Morgan fingerprint density at radius 1 is 1.36 bits per heavy atom. The van der Waals surface area contributed by atoms with Gasteiger partial charge in [0, 0.05) is 36.3 Å². The van der Waals surface area contributed by atoms with Crippen molar-refractivity contribution < 1.29 is 5.11 Å². The Labute approximate surface area is 131 Å². The number of para-hydroxylation sites is 1. The molecule has 0 bridgehead atoms.